The Kier molecular flexibility index (Phi) is 5.55. The maximum Gasteiger partial charge on any atom is 0.407 e. The third-order valence-corrected chi connectivity index (χ3v) is 3.66. The fraction of sp³-hybridized carbons (Fsp3) is 0.636. The fourth-order valence-corrected chi connectivity index (χ4v) is 2.60. The SMILES string of the molecule is CC(C)(C)OC(=O)NCC(CN)c1ncc(Br)s1. The Labute approximate surface area is 119 Å². The lowest BCUT2D eigenvalue weighted by Crippen LogP contribution is -2.36. The summed E-state index contributed by atoms with van der Waals surface area (Å²) in [5.41, 5.74) is 5.19. The van der Waals surface area contributed by atoms with E-state index in [1.54, 1.807) is 6.20 Å². The molecule has 102 valence electrons. The van der Waals surface area contributed by atoms with Crippen LogP contribution in [0.1, 0.15) is 31.7 Å². The van der Waals surface area contributed by atoms with Gasteiger partial charge in [-0.1, -0.05) is 0 Å². The van der Waals surface area contributed by atoms with Crippen molar-refractivity contribution in [3.8, 4) is 0 Å². The molecule has 0 saturated carbocycles. The number of halogens is 1. The zero-order chi connectivity index (χ0) is 13.8. The first-order chi connectivity index (χ1) is 8.31. The fourth-order valence-electron chi connectivity index (χ4n) is 1.25. The quantitative estimate of drug-likeness (QED) is 0.885. The highest BCUT2D eigenvalue weighted by Gasteiger charge is 2.19. The van der Waals surface area contributed by atoms with Gasteiger partial charge in [-0.25, -0.2) is 9.78 Å². The van der Waals surface area contributed by atoms with Gasteiger partial charge in [0.05, 0.1) is 15.0 Å². The number of nitrogens with two attached hydrogens (primary N) is 1. The van der Waals surface area contributed by atoms with Crippen LogP contribution in [-0.2, 0) is 4.74 Å². The second kappa shape index (κ2) is 6.49. The van der Waals surface area contributed by atoms with Crippen molar-refractivity contribution < 1.29 is 9.53 Å². The lowest BCUT2D eigenvalue weighted by molar-refractivity contribution is 0.0525. The average molecular weight is 336 g/mol. The van der Waals surface area contributed by atoms with Gasteiger partial charge in [-0.3, -0.25) is 0 Å². The van der Waals surface area contributed by atoms with Gasteiger partial charge in [-0.15, -0.1) is 11.3 Å². The minimum Gasteiger partial charge on any atom is -0.444 e. The molecule has 1 atom stereocenters. The molecule has 1 rings (SSSR count). The molecule has 0 aliphatic carbocycles. The lowest BCUT2D eigenvalue weighted by atomic mass is 10.1. The molecule has 7 heteroatoms. The summed E-state index contributed by atoms with van der Waals surface area (Å²) < 4.78 is 6.11. The second-order valence-electron chi connectivity index (χ2n) is 4.82. The third kappa shape index (κ3) is 5.32. The molecule has 0 aliphatic rings. The van der Waals surface area contributed by atoms with E-state index in [1.807, 2.05) is 20.8 Å². The van der Waals surface area contributed by atoms with E-state index in [4.69, 9.17) is 10.5 Å². The molecule has 0 fully saturated rings. The van der Waals surface area contributed by atoms with E-state index in [-0.39, 0.29) is 5.92 Å². The first-order valence-electron chi connectivity index (χ1n) is 5.60. The Hall–Kier alpha value is -0.660. The predicted octanol–water partition coefficient (Wildman–Crippen LogP) is 2.47. The molecule has 0 bridgehead atoms. The first kappa shape index (κ1) is 15.4. The van der Waals surface area contributed by atoms with Crippen molar-refractivity contribution >= 4 is 33.4 Å². The van der Waals surface area contributed by atoms with Crippen LogP contribution in [0.25, 0.3) is 0 Å². The summed E-state index contributed by atoms with van der Waals surface area (Å²) in [6, 6.07) is 0. The van der Waals surface area contributed by atoms with E-state index in [2.05, 4.69) is 26.2 Å². The van der Waals surface area contributed by atoms with Gasteiger partial charge in [0.25, 0.3) is 0 Å². The summed E-state index contributed by atoms with van der Waals surface area (Å²) in [6.07, 6.45) is 1.30. The number of aromatic nitrogens is 1. The smallest absolute Gasteiger partial charge is 0.407 e. The van der Waals surface area contributed by atoms with Crippen LogP contribution in [-0.4, -0.2) is 29.8 Å². The summed E-state index contributed by atoms with van der Waals surface area (Å²) in [7, 11) is 0. The Balaban J connectivity index is 2.48. The molecule has 0 spiro atoms. The van der Waals surface area contributed by atoms with Gasteiger partial charge in [0.2, 0.25) is 0 Å². The summed E-state index contributed by atoms with van der Waals surface area (Å²) in [4.78, 5) is 15.8. The van der Waals surface area contributed by atoms with Crippen LogP contribution in [0, 0.1) is 0 Å². The van der Waals surface area contributed by atoms with E-state index in [0.717, 1.165) is 8.79 Å². The highest BCUT2D eigenvalue weighted by Crippen LogP contribution is 2.24. The van der Waals surface area contributed by atoms with Crippen LogP contribution in [0.3, 0.4) is 0 Å². The maximum absolute atomic E-state index is 11.5. The normalized spacial score (nSPS) is 13.2. The van der Waals surface area contributed by atoms with Crippen molar-refractivity contribution in [3.05, 3.63) is 15.0 Å². The zero-order valence-electron chi connectivity index (χ0n) is 10.7. The summed E-state index contributed by atoms with van der Waals surface area (Å²) >= 11 is 4.87. The number of alkyl carbamates (subject to hydrolysis) is 1. The van der Waals surface area contributed by atoms with Crippen molar-refractivity contribution in [2.45, 2.75) is 32.3 Å². The van der Waals surface area contributed by atoms with Crippen LogP contribution >= 0.6 is 27.3 Å². The summed E-state index contributed by atoms with van der Waals surface area (Å²) in [5, 5.41) is 3.61. The molecule has 1 aromatic heterocycles. The minimum absolute atomic E-state index is 0.00817. The number of hydrogen-bond donors (Lipinski definition) is 2. The van der Waals surface area contributed by atoms with Crippen LogP contribution in [0.4, 0.5) is 4.79 Å². The Morgan fingerprint density at radius 1 is 1.67 bits per heavy atom. The molecule has 1 heterocycles. The van der Waals surface area contributed by atoms with Crippen molar-refractivity contribution in [1.82, 2.24) is 10.3 Å². The molecule has 1 aromatic rings. The maximum atomic E-state index is 11.5. The molecule has 18 heavy (non-hydrogen) atoms. The second-order valence-corrected chi connectivity index (χ2v) is 7.26. The molecule has 0 saturated heterocycles. The van der Waals surface area contributed by atoms with Gasteiger partial charge in [-0.2, -0.15) is 0 Å². The number of hydrogen-bond acceptors (Lipinski definition) is 5. The van der Waals surface area contributed by atoms with Gasteiger partial charge < -0.3 is 15.8 Å². The number of amides is 1. The monoisotopic (exact) mass is 335 g/mol. The predicted molar refractivity (Wildman–Crippen MR) is 75.8 cm³/mol. The minimum atomic E-state index is -0.494. The molecule has 1 amide bonds. The molecule has 5 nitrogen and oxygen atoms in total. The van der Waals surface area contributed by atoms with Gasteiger partial charge in [-0.05, 0) is 36.7 Å². The van der Waals surface area contributed by atoms with E-state index in [0.29, 0.717) is 13.1 Å². The van der Waals surface area contributed by atoms with Gasteiger partial charge in [0.15, 0.2) is 0 Å². The Morgan fingerprint density at radius 2 is 2.33 bits per heavy atom. The van der Waals surface area contributed by atoms with Crippen LogP contribution < -0.4 is 11.1 Å². The Morgan fingerprint density at radius 3 is 2.78 bits per heavy atom. The van der Waals surface area contributed by atoms with Crippen LogP contribution in [0.15, 0.2) is 9.98 Å². The van der Waals surface area contributed by atoms with Gasteiger partial charge in [0.1, 0.15) is 5.60 Å². The standard InChI is InChI=1S/C11H18BrN3O2S/c1-11(2,3)17-10(16)15-5-7(4-13)9-14-6-8(12)18-9/h6-7H,4-5,13H2,1-3H3,(H,15,16). The molecule has 0 aliphatic heterocycles. The number of ether oxygens (including phenoxy) is 1. The van der Waals surface area contributed by atoms with Crippen molar-refractivity contribution in [2.75, 3.05) is 13.1 Å². The number of carbonyl (C=O) groups excluding carboxylic acids is 1. The molecule has 3 N–H and O–H groups in total. The van der Waals surface area contributed by atoms with Crippen molar-refractivity contribution in [2.24, 2.45) is 5.73 Å². The van der Waals surface area contributed by atoms with Crippen LogP contribution in [0.2, 0.25) is 0 Å². The van der Waals surface area contributed by atoms with E-state index in [9.17, 15) is 4.79 Å². The third-order valence-electron chi connectivity index (χ3n) is 2.02. The van der Waals surface area contributed by atoms with Gasteiger partial charge >= 0.3 is 6.09 Å². The molecule has 1 unspecified atom stereocenters. The largest absolute Gasteiger partial charge is 0.444 e. The molecular weight excluding hydrogens is 318 g/mol. The Bertz CT molecular complexity index is 403. The average Bonchev–Trinajstić information content (AvgIpc) is 2.63. The van der Waals surface area contributed by atoms with Crippen molar-refractivity contribution in [1.29, 1.82) is 0 Å². The van der Waals surface area contributed by atoms with E-state index < -0.39 is 11.7 Å². The van der Waals surface area contributed by atoms with E-state index in [1.165, 1.54) is 11.3 Å². The molecule has 0 aromatic carbocycles. The lowest BCUT2D eigenvalue weighted by Gasteiger charge is -2.20. The highest BCUT2D eigenvalue weighted by atomic mass is 79.9. The number of nitrogens with one attached hydrogen (secondary N) is 1. The number of nitrogens with zero attached hydrogens (tertiary/aromatic N) is 1. The van der Waals surface area contributed by atoms with Crippen molar-refractivity contribution in [3.63, 3.8) is 0 Å². The van der Waals surface area contributed by atoms with E-state index >= 15 is 0 Å². The number of thiazole rings is 1. The first-order valence-corrected chi connectivity index (χ1v) is 7.21. The number of rotatable bonds is 4. The van der Waals surface area contributed by atoms with Crippen LogP contribution in [0.5, 0.6) is 0 Å². The number of carbonyl (C=O) groups is 1. The zero-order valence-corrected chi connectivity index (χ0v) is 13.1. The summed E-state index contributed by atoms with van der Waals surface area (Å²) in [6.45, 7) is 6.32. The topological polar surface area (TPSA) is 77.2 Å². The molecular formula is C11H18BrN3O2S. The molecule has 0 radical (unpaired) electrons. The van der Waals surface area contributed by atoms with Gasteiger partial charge in [0, 0.05) is 19.0 Å². The summed E-state index contributed by atoms with van der Waals surface area (Å²) in [5.74, 6) is 0.00817. The highest BCUT2D eigenvalue weighted by molar-refractivity contribution is 9.11.